The molecule has 0 aliphatic heterocycles. The minimum atomic E-state index is -0.324. The molecule has 0 N–H and O–H groups in total. The fraction of sp³-hybridized carbons (Fsp3) is 0.438. The van der Waals surface area contributed by atoms with E-state index in [9.17, 15) is 4.79 Å². The second kappa shape index (κ2) is 7.52. The molecule has 0 amide bonds. The number of aromatic nitrogens is 3. The predicted molar refractivity (Wildman–Crippen MR) is 90.7 cm³/mol. The van der Waals surface area contributed by atoms with Crippen molar-refractivity contribution >= 4 is 18.2 Å². The van der Waals surface area contributed by atoms with Gasteiger partial charge in [0.2, 0.25) is 0 Å². The van der Waals surface area contributed by atoms with E-state index < -0.39 is 0 Å². The normalized spacial score (nSPS) is 11.2. The van der Waals surface area contributed by atoms with Crippen LogP contribution in [0.3, 0.4) is 0 Å². The average Bonchev–Trinajstić information content (AvgIpc) is 2.88. The van der Waals surface area contributed by atoms with Crippen LogP contribution in [0.5, 0.6) is 0 Å². The smallest absolute Gasteiger partial charge is 0.337 e. The summed E-state index contributed by atoms with van der Waals surface area (Å²) in [6.07, 6.45) is 1.77. The largest absolute Gasteiger partial charge is 0.465 e. The highest BCUT2D eigenvalue weighted by molar-refractivity contribution is 7.71. The van der Waals surface area contributed by atoms with Gasteiger partial charge in [-0.3, -0.25) is 4.90 Å². The molecular weight excluding hydrogens is 312 g/mol. The summed E-state index contributed by atoms with van der Waals surface area (Å²) < 4.78 is 9.18. The number of rotatable bonds is 6. The van der Waals surface area contributed by atoms with Gasteiger partial charge in [-0.25, -0.2) is 9.48 Å². The van der Waals surface area contributed by atoms with Crippen molar-refractivity contribution in [1.29, 1.82) is 0 Å². The van der Waals surface area contributed by atoms with Crippen LogP contribution in [0.2, 0.25) is 0 Å². The lowest BCUT2D eigenvalue weighted by Crippen LogP contribution is -2.22. The van der Waals surface area contributed by atoms with Crippen molar-refractivity contribution in [2.75, 3.05) is 14.2 Å². The Hall–Kier alpha value is -1.99. The molecule has 0 spiro atoms. The van der Waals surface area contributed by atoms with E-state index >= 15 is 0 Å². The first-order valence-electron chi connectivity index (χ1n) is 7.42. The van der Waals surface area contributed by atoms with Crippen LogP contribution in [0, 0.1) is 4.77 Å². The lowest BCUT2D eigenvalue weighted by molar-refractivity contribution is 0.0600. The molecule has 2 rings (SSSR count). The molecule has 23 heavy (non-hydrogen) atoms. The molecule has 0 bridgehead atoms. The molecule has 0 saturated heterocycles. The Labute approximate surface area is 141 Å². The second-order valence-corrected chi connectivity index (χ2v) is 6.12. The molecule has 6 nitrogen and oxygen atoms in total. The number of carbonyl (C=O) groups is 1. The van der Waals surface area contributed by atoms with E-state index in [1.807, 2.05) is 23.7 Å². The SMILES string of the molecule is COC(=O)c1ccc(CN(C)Cn2ncn(C(C)C)c2=S)cc1. The van der Waals surface area contributed by atoms with E-state index in [1.165, 1.54) is 7.11 Å². The molecule has 1 aromatic heterocycles. The fourth-order valence-electron chi connectivity index (χ4n) is 2.26. The summed E-state index contributed by atoms with van der Waals surface area (Å²) in [5.74, 6) is -0.324. The number of carbonyl (C=O) groups excluding carboxylic acids is 1. The molecule has 0 saturated carbocycles. The van der Waals surface area contributed by atoms with Crippen LogP contribution < -0.4 is 0 Å². The minimum Gasteiger partial charge on any atom is -0.465 e. The van der Waals surface area contributed by atoms with Gasteiger partial charge in [-0.2, -0.15) is 5.10 Å². The van der Waals surface area contributed by atoms with Gasteiger partial charge in [0.05, 0.1) is 19.3 Å². The highest BCUT2D eigenvalue weighted by atomic mass is 32.1. The first kappa shape index (κ1) is 17.4. The molecule has 0 unspecified atom stereocenters. The highest BCUT2D eigenvalue weighted by Crippen LogP contribution is 2.10. The molecule has 0 radical (unpaired) electrons. The third-order valence-electron chi connectivity index (χ3n) is 3.52. The quantitative estimate of drug-likeness (QED) is 0.600. The maximum Gasteiger partial charge on any atom is 0.337 e. The number of ether oxygens (including phenoxy) is 1. The summed E-state index contributed by atoms with van der Waals surface area (Å²) in [7, 11) is 3.38. The minimum absolute atomic E-state index is 0.299. The van der Waals surface area contributed by atoms with Gasteiger partial charge in [-0.1, -0.05) is 12.1 Å². The van der Waals surface area contributed by atoms with Crippen LogP contribution in [-0.2, 0) is 18.0 Å². The molecular formula is C16H22N4O2S. The zero-order valence-electron chi connectivity index (χ0n) is 13.9. The fourth-order valence-corrected chi connectivity index (χ4v) is 2.62. The first-order chi connectivity index (χ1) is 10.9. The molecule has 7 heteroatoms. The summed E-state index contributed by atoms with van der Waals surface area (Å²) in [5, 5.41) is 4.34. The van der Waals surface area contributed by atoms with E-state index in [0.29, 0.717) is 23.0 Å². The topological polar surface area (TPSA) is 52.3 Å². The van der Waals surface area contributed by atoms with Crippen molar-refractivity contribution in [2.24, 2.45) is 0 Å². The van der Waals surface area contributed by atoms with E-state index in [1.54, 1.807) is 23.1 Å². The Bertz CT molecular complexity index is 718. The molecule has 2 aromatic rings. The van der Waals surface area contributed by atoms with Gasteiger partial charge in [0, 0.05) is 12.6 Å². The lowest BCUT2D eigenvalue weighted by Gasteiger charge is -2.16. The summed E-state index contributed by atoms with van der Waals surface area (Å²) >= 11 is 5.43. The van der Waals surface area contributed by atoms with Crippen LogP contribution in [0.25, 0.3) is 0 Å². The van der Waals surface area contributed by atoms with Gasteiger partial charge in [-0.15, -0.1) is 0 Å². The number of methoxy groups -OCH3 is 1. The maximum atomic E-state index is 11.4. The van der Waals surface area contributed by atoms with E-state index in [0.717, 1.165) is 12.1 Å². The zero-order valence-corrected chi connectivity index (χ0v) is 14.7. The molecule has 1 heterocycles. The van der Waals surface area contributed by atoms with Crippen molar-refractivity contribution in [3.05, 3.63) is 46.5 Å². The molecule has 1 aromatic carbocycles. The van der Waals surface area contributed by atoms with Crippen LogP contribution >= 0.6 is 12.2 Å². The highest BCUT2D eigenvalue weighted by Gasteiger charge is 2.09. The summed E-state index contributed by atoms with van der Waals surface area (Å²) in [4.78, 5) is 13.5. The van der Waals surface area contributed by atoms with Crippen LogP contribution in [0.4, 0.5) is 0 Å². The Kier molecular flexibility index (Phi) is 5.68. The molecule has 124 valence electrons. The van der Waals surface area contributed by atoms with Crippen molar-refractivity contribution in [3.8, 4) is 0 Å². The molecule has 0 aliphatic rings. The average molecular weight is 334 g/mol. The first-order valence-corrected chi connectivity index (χ1v) is 7.83. The summed E-state index contributed by atoms with van der Waals surface area (Å²) in [5.41, 5.74) is 1.66. The zero-order chi connectivity index (χ0) is 17.0. The van der Waals surface area contributed by atoms with Crippen molar-refractivity contribution < 1.29 is 9.53 Å². The van der Waals surface area contributed by atoms with E-state index in [2.05, 4.69) is 23.8 Å². The molecule has 0 aliphatic carbocycles. The summed E-state index contributed by atoms with van der Waals surface area (Å²) in [6, 6.07) is 7.69. The van der Waals surface area contributed by atoms with Crippen molar-refractivity contribution in [1.82, 2.24) is 19.2 Å². The van der Waals surface area contributed by atoms with Crippen LogP contribution in [-0.4, -0.2) is 39.4 Å². The molecule has 0 atom stereocenters. The number of nitrogens with zero attached hydrogens (tertiary/aromatic N) is 4. The molecule has 0 fully saturated rings. The summed E-state index contributed by atoms with van der Waals surface area (Å²) in [6.45, 7) is 5.50. The Morgan fingerprint density at radius 3 is 2.52 bits per heavy atom. The second-order valence-electron chi connectivity index (χ2n) is 5.76. The standard InChI is InChI=1S/C16H22N4O2S/c1-12(2)19-10-17-20(16(19)23)11-18(3)9-13-5-7-14(8-6-13)15(21)22-4/h5-8,10,12H,9,11H2,1-4H3. The van der Waals surface area contributed by atoms with Crippen LogP contribution in [0.1, 0.15) is 35.8 Å². The van der Waals surface area contributed by atoms with E-state index in [4.69, 9.17) is 17.0 Å². The van der Waals surface area contributed by atoms with Gasteiger partial charge in [0.1, 0.15) is 6.33 Å². The number of esters is 1. The number of hydrogen-bond acceptors (Lipinski definition) is 5. The maximum absolute atomic E-state index is 11.4. The Morgan fingerprint density at radius 1 is 1.35 bits per heavy atom. The number of hydrogen-bond donors (Lipinski definition) is 0. The lowest BCUT2D eigenvalue weighted by atomic mass is 10.1. The van der Waals surface area contributed by atoms with Crippen molar-refractivity contribution in [3.63, 3.8) is 0 Å². The third kappa shape index (κ3) is 4.27. The van der Waals surface area contributed by atoms with Gasteiger partial charge in [0.25, 0.3) is 0 Å². The predicted octanol–water partition coefficient (Wildman–Crippen LogP) is 2.87. The van der Waals surface area contributed by atoms with Gasteiger partial charge < -0.3 is 9.30 Å². The van der Waals surface area contributed by atoms with E-state index in [-0.39, 0.29) is 5.97 Å². The Morgan fingerprint density at radius 2 is 2.00 bits per heavy atom. The van der Waals surface area contributed by atoms with Crippen LogP contribution in [0.15, 0.2) is 30.6 Å². The third-order valence-corrected chi connectivity index (χ3v) is 3.94. The van der Waals surface area contributed by atoms with Gasteiger partial charge in [0.15, 0.2) is 4.77 Å². The van der Waals surface area contributed by atoms with Crippen molar-refractivity contribution in [2.45, 2.75) is 33.1 Å². The number of benzene rings is 1. The van der Waals surface area contributed by atoms with Gasteiger partial charge >= 0.3 is 5.97 Å². The monoisotopic (exact) mass is 334 g/mol. The van der Waals surface area contributed by atoms with Gasteiger partial charge in [-0.05, 0) is 50.8 Å². The Balaban J connectivity index is 2.01.